The molecule has 0 spiro atoms. The van der Waals surface area contributed by atoms with Gasteiger partial charge in [-0.15, -0.1) is 0 Å². The second-order valence-corrected chi connectivity index (χ2v) is 4.82. The van der Waals surface area contributed by atoms with E-state index >= 15 is 0 Å². The van der Waals surface area contributed by atoms with E-state index in [1.54, 1.807) is 31.4 Å². The van der Waals surface area contributed by atoms with Crippen molar-refractivity contribution in [2.45, 2.75) is 19.8 Å². The summed E-state index contributed by atoms with van der Waals surface area (Å²) in [4.78, 5) is 15.9. The van der Waals surface area contributed by atoms with Crippen LogP contribution >= 0.6 is 23.2 Å². The zero-order valence-electron chi connectivity index (χ0n) is 10.2. The van der Waals surface area contributed by atoms with Gasteiger partial charge in [-0.3, -0.25) is 4.79 Å². The van der Waals surface area contributed by atoms with Crippen molar-refractivity contribution in [3.05, 3.63) is 46.1 Å². The molecule has 2 rings (SSSR count). The molecule has 0 unspecified atom stereocenters. The lowest BCUT2D eigenvalue weighted by molar-refractivity contribution is -0.116. The van der Waals surface area contributed by atoms with Gasteiger partial charge in [0, 0.05) is 19.8 Å². The number of nitrogens with one attached hydrogen (secondary N) is 1. The van der Waals surface area contributed by atoms with Crippen molar-refractivity contribution >= 4 is 34.8 Å². The summed E-state index contributed by atoms with van der Waals surface area (Å²) in [6.07, 6.45) is 2.34. The molecular weight excluding hydrogens is 287 g/mol. The van der Waals surface area contributed by atoms with E-state index in [0.717, 1.165) is 5.69 Å². The number of anilines is 1. The number of hydrogen-bond donors (Lipinski definition) is 1. The lowest BCUT2D eigenvalue weighted by Crippen LogP contribution is -2.13. The Hall–Kier alpha value is -1.52. The molecule has 0 saturated carbocycles. The summed E-state index contributed by atoms with van der Waals surface area (Å²) in [5.41, 5.74) is 1.19. The van der Waals surface area contributed by atoms with Gasteiger partial charge in [0.2, 0.25) is 5.91 Å². The lowest BCUT2D eigenvalue weighted by Gasteiger charge is -2.08. The lowest BCUT2D eigenvalue weighted by atomic mass is 10.2. The number of amides is 1. The van der Waals surface area contributed by atoms with Crippen LogP contribution in [0.1, 0.15) is 18.0 Å². The minimum atomic E-state index is -0.171. The van der Waals surface area contributed by atoms with E-state index < -0.39 is 0 Å². The molecule has 1 aromatic heterocycles. The molecular formula is C13H12Cl2N2O2. The fourth-order valence-corrected chi connectivity index (χ4v) is 2.08. The Morgan fingerprint density at radius 3 is 2.63 bits per heavy atom. The molecule has 0 atom stereocenters. The minimum absolute atomic E-state index is 0.171. The first-order valence-electron chi connectivity index (χ1n) is 5.71. The molecule has 0 radical (unpaired) electrons. The Morgan fingerprint density at radius 1 is 1.37 bits per heavy atom. The topological polar surface area (TPSA) is 55.1 Å². The summed E-state index contributed by atoms with van der Waals surface area (Å²) in [6.45, 7) is 1.76. The maximum atomic E-state index is 11.8. The Kier molecular flexibility index (Phi) is 4.45. The maximum absolute atomic E-state index is 11.8. The van der Waals surface area contributed by atoms with Crippen LogP contribution in [-0.2, 0) is 11.2 Å². The monoisotopic (exact) mass is 298 g/mol. The molecule has 0 saturated heterocycles. The van der Waals surface area contributed by atoms with Gasteiger partial charge in [-0.25, -0.2) is 4.98 Å². The Labute approximate surface area is 120 Å². The molecule has 6 heteroatoms. The number of para-hydroxylation sites is 1. The Bertz CT molecular complexity index is 576. The molecule has 0 aliphatic heterocycles. The van der Waals surface area contributed by atoms with Crippen molar-refractivity contribution < 1.29 is 9.21 Å². The highest BCUT2D eigenvalue weighted by atomic mass is 35.5. The van der Waals surface area contributed by atoms with Crippen molar-refractivity contribution in [2.75, 3.05) is 5.32 Å². The number of nitrogens with zero attached hydrogens (tertiary/aromatic N) is 1. The van der Waals surface area contributed by atoms with Gasteiger partial charge < -0.3 is 9.73 Å². The minimum Gasteiger partial charge on any atom is -0.449 e. The average Bonchev–Trinajstić information content (AvgIpc) is 2.77. The first-order chi connectivity index (χ1) is 9.06. The summed E-state index contributed by atoms with van der Waals surface area (Å²) in [5.74, 6) is 0.417. The van der Waals surface area contributed by atoms with Crippen molar-refractivity contribution in [2.24, 2.45) is 0 Å². The van der Waals surface area contributed by atoms with E-state index in [2.05, 4.69) is 10.3 Å². The largest absolute Gasteiger partial charge is 0.449 e. The number of carbonyl (C=O) groups excluding carboxylic acids is 1. The van der Waals surface area contributed by atoms with Crippen LogP contribution in [0.5, 0.6) is 0 Å². The fourth-order valence-electron chi connectivity index (χ4n) is 1.58. The van der Waals surface area contributed by atoms with Crippen molar-refractivity contribution in [1.29, 1.82) is 0 Å². The third-order valence-electron chi connectivity index (χ3n) is 2.50. The van der Waals surface area contributed by atoms with Gasteiger partial charge in [0.15, 0.2) is 5.89 Å². The Balaban J connectivity index is 1.94. The van der Waals surface area contributed by atoms with Crippen molar-refractivity contribution in [3.8, 4) is 0 Å². The Morgan fingerprint density at radius 2 is 2.05 bits per heavy atom. The molecule has 1 N–H and O–H groups in total. The van der Waals surface area contributed by atoms with Gasteiger partial charge in [0.25, 0.3) is 0 Å². The van der Waals surface area contributed by atoms with Crippen LogP contribution in [0.25, 0.3) is 0 Å². The predicted molar refractivity (Wildman–Crippen MR) is 74.7 cm³/mol. The molecule has 1 aromatic carbocycles. The van der Waals surface area contributed by atoms with Crippen molar-refractivity contribution in [3.63, 3.8) is 0 Å². The summed E-state index contributed by atoms with van der Waals surface area (Å²) >= 11 is 11.9. The predicted octanol–water partition coefficient (Wildman–Crippen LogP) is 3.86. The molecule has 4 nitrogen and oxygen atoms in total. The van der Waals surface area contributed by atoms with E-state index in [1.807, 2.05) is 0 Å². The van der Waals surface area contributed by atoms with Gasteiger partial charge >= 0.3 is 0 Å². The van der Waals surface area contributed by atoms with Crippen molar-refractivity contribution in [1.82, 2.24) is 4.98 Å². The van der Waals surface area contributed by atoms with Gasteiger partial charge in [-0.1, -0.05) is 29.3 Å². The van der Waals surface area contributed by atoms with E-state index in [0.29, 0.717) is 28.0 Å². The van der Waals surface area contributed by atoms with Crippen LogP contribution < -0.4 is 5.32 Å². The highest BCUT2D eigenvalue weighted by Gasteiger charge is 2.10. The number of hydrogen-bond acceptors (Lipinski definition) is 3. The fraction of sp³-hybridized carbons (Fsp3) is 0.231. The average molecular weight is 299 g/mol. The number of aryl methyl sites for hydroxylation is 2. The van der Waals surface area contributed by atoms with Crippen LogP contribution in [0.4, 0.5) is 5.69 Å². The maximum Gasteiger partial charge on any atom is 0.224 e. The molecule has 19 heavy (non-hydrogen) atoms. The van der Waals surface area contributed by atoms with Crippen LogP contribution in [0, 0.1) is 6.92 Å². The summed E-state index contributed by atoms with van der Waals surface area (Å²) in [6, 6.07) is 5.06. The van der Waals surface area contributed by atoms with Crippen LogP contribution in [0.2, 0.25) is 10.0 Å². The highest BCUT2D eigenvalue weighted by molar-refractivity contribution is 6.39. The molecule has 0 aliphatic rings. The molecule has 0 aliphatic carbocycles. The third kappa shape index (κ3) is 3.72. The van der Waals surface area contributed by atoms with E-state index in [4.69, 9.17) is 27.6 Å². The molecule has 1 heterocycles. The quantitative estimate of drug-likeness (QED) is 0.932. The first-order valence-corrected chi connectivity index (χ1v) is 6.46. The molecule has 0 bridgehead atoms. The smallest absolute Gasteiger partial charge is 0.224 e. The zero-order chi connectivity index (χ0) is 13.8. The second kappa shape index (κ2) is 6.08. The summed E-state index contributed by atoms with van der Waals surface area (Å²) in [5, 5.41) is 3.52. The molecule has 2 aromatic rings. The number of rotatable bonds is 4. The third-order valence-corrected chi connectivity index (χ3v) is 3.13. The van der Waals surface area contributed by atoms with E-state index in [1.165, 1.54) is 0 Å². The number of halogens is 2. The molecule has 100 valence electrons. The molecule has 1 amide bonds. The SMILES string of the molecule is Cc1nc(CCC(=O)Nc2c(Cl)cccc2Cl)co1. The van der Waals surface area contributed by atoms with Crippen LogP contribution in [0.15, 0.2) is 28.9 Å². The number of benzene rings is 1. The van der Waals surface area contributed by atoms with E-state index in [-0.39, 0.29) is 12.3 Å². The van der Waals surface area contributed by atoms with Crippen LogP contribution in [-0.4, -0.2) is 10.9 Å². The van der Waals surface area contributed by atoms with Gasteiger partial charge in [0.1, 0.15) is 6.26 Å². The highest BCUT2D eigenvalue weighted by Crippen LogP contribution is 2.29. The standard InChI is InChI=1S/C13H12Cl2N2O2/c1-8-16-9(7-19-8)5-6-12(18)17-13-10(14)3-2-4-11(13)15/h2-4,7H,5-6H2,1H3,(H,17,18). The first kappa shape index (κ1) is 13.9. The number of aromatic nitrogens is 1. The normalized spacial score (nSPS) is 10.5. The molecule has 0 fully saturated rings. The van der Waals surface area contributed by atoms with Gasteiger partial charge in [0.05, 0.1) is 21.4 Å². The second-order valence-electron chi connectivity index (χ2n) is 4.00. The summed E-state index contributed by atoms with van der Waals surface area (Å²) in [7, 11) is 0. The zero-order valence-corrected chi connectivity index (χ0v) is 11.8. The number of carbonyl (C=O) groups is 1. The van der Waals surface area contributed by atoms with Gasteiger partial charge in [-0.2, -0.15) is 0 Å². The number of oxazole rings is 1. The summed E-state index contributed by atoms with van der Waals surface area (Å²) < 4.78 is 5.07. The van der Waals surface area contributed by atoms with Crippen LogP contribution in [0.3, 0.4) is 0 Å². The van der Waals surface area contributed by atoms with Gasteiger partial charge in [-0.05, 0) is 12.1 Å². The van der Waals surface area contributed by atoms with E-state index in [9.17, 15) is 4.79 Å².